The summed E-state index contributed by atoms with van der Waals surface area (Å²) in [5.74, 6) is 0. The van der Waals surface area contributed by atoms with Crippen LogP contribution in [-0.2, 0) is 0 Å². The van der Waals surface area contributed by atoms with Crippen LogP contribution in [0, 0.1) is 0 Å². The first-order valence-electron chi connectivity index (χ1n) is 7.61. The predicted octanol–water partition coefficient (Wildman–Crippen LogP) is 6.53. The molecule has 1 heteroatoms. The summed E-state index contributed by atoms with van der Waals surface area (Å²) in [4.78, 5) is 0. The molecule has 0 saturated heterocycles. The molecule has 0 radical (unpaired) electrons. The summed E-state index contributed by atoms with van der Waals surface area (Å²) in [6, 6.07) is 14.1. The lowest BCUT2D eigenvalue weighted by Crippen LogP contribution is -1.84. The van der Waals surface area contributed by atoms with E-state index in [1.807, 2.05) is 85.7 Å². The number of nitrogen functional groups attached to an aromatic ring is 1. The monoisotopic (exact) mass is 263 g/mol. The van der Waals surface area contributed by atoms with Crippen LogP contribution in [0.5, 0.6) is 0 Å². The molecule has 0 bridgehead atoms. The Hall–Kier alpha value is -1.50. The minimum absolute atomic E-state index is 0.850. The molecule has 0 aliphatic carbocycles. The van der Waals surface area contributed by atoms with E-state index in [1.165, 1.54) is 5.39 Å². The van der Waals surface area contributed by atoms with Gasteiger partial charge in [-0.05, 0) is 11.5 Å². The number of fused-ring (bicyclic) bond motifs is 1. The van der Waals surface area contributed by atoms with E-state index in [4.69, 9.17) is 5.73 Å². The summed E-state index contributed by atoms with van der Waals surface area (Å²) in [6.45, 7) is 16.0. The highest BCUT2D eigenvalue weighted by atomic mass is 14.5. The molecule has 0 fully saturated rings. The molecule has 1 nitrogen and oxygen atoms in total. The highest BCUT2D eigenvalue weighted by molar-refractivity contribution is 5.92. The van der Waals surface area contributed by atoms with Crippen molar-refractivity contribution in [2.75, 3.05) is 5.73 Å². The molecule has 0 amide bonds. The van der Waals surface area contributed by atoms with Gasteiger partial charge in [0.05, 0.1) is 0 Å². The number of hydrogen-bond donors (Lipinski definition) is 1. The quantitative estimate of drug-likeness (QED) is 0.537. The van der Waals surface area contributed by atoms with Gasteiger partial charge in [-0.3, -0.25) is 0 Å². The second-order valence-electron chi connectivity index (χ2n) is 2.57. The third-order valence-corrected chi connectivity index (χ3v) is 1.82. The summed E-state index contributed by atoms with van der Waals surface area (Å²) < 4.78 is 0. The summed E-state index contributed by atoms with van der Waals surface area (Å²) in [6.07, 6.45) is 0. The van der Waals surface area contributed by atoms with E-state index in [-0.39, 0.29) is 0 Å². The van der Waals surface area contributed by atoms with Crippen molar-refractivity contribution in [2.24, 2.45) is 0 Å². The van der Waals surface area contributed by atoms with Crippen LogP contribution >= 0.6 is 0 Å². The van der Waals surface area contributed by atoms with Crippen LogP contribution in [0.15, 0.2) is 42.5 Å². The number of rotatable bonds is 0. The SMILES string of the molecule is CC.CC.CC.CC.Nc1cccc2ccccc12. The molecule has 0 aliphatic heterocycles. The van der Waals surface area contributed by atoms with E-state index < -0.39 is 0 Å². The van der Waals surface area contributed by atoms with Gasteiger partial charge in [-0.15, -0.1) is 0 Å². The van der Waals surface area contributed by atoms with Gasteiger partial charge in [-0.25, -0.2) is 0 Å². The van der Waals surface area contributed by atoms with Gasteiger partial charge in [0.15, 0.2) is 0 Å². The Morgan fingerprint density at radius 1 is 0.579 bits per heavy atom. The summed E-state index contributed by atoms with van der Waals surface area (Å²) in [5.41, 5.74) is 6.61. The maximum absolute atomic E-state index is 5.76. The van der Waals surface area contributed by atoms with Crippen molar-refractivity contribution >= 4 is 16.5 Å². The van der Waals surface area contributed by atoms with Gasteiger partial charge in [0.25, 0.3) is 0 Å². The van der Waals surface area contributed by atoms with Crippen LogP contribution in [0.4, 0.5) is 5.69 Å². The van der Waals surface area contributed by atoms with Crippen LogP contribution in [-0.4, -0.2) is 0 Å². The lowest BCUT2D eigenvalue weighted by molar-refractivity contribution is 1.50. The Labute approximate surface area is 120 Å². The Morgan fingerprint density at radius 2 is 1.00 bits per heavy atom. The highest BCUT2D eigenvalue weighted by Gasteiger charge is 1.92. The van der Waals surface area contributed by atoms with Crippen LogP contribution in [0.2, 0.25) is 0 Å². The van der Waals surface area contributed by atoms with Crippen molar-refractivity contribution in [3.63, 3.8) is 0 Å². The molecule has 2 rings (SSSR count). The van der Waals surface area contributed by atoms with E-state index in [0.717, 1.165) is 11.1 Å². The van der Waals surface area contributed by atoms with Crippen molar-refractivity contribution in [3.05, 3.63) is 42.5 Å². The Kier molecular flexibility index (Phi) is 22.5. The smallest absolute Gasteiger partial charge is 0.0393 e. The molecule has 0 spiro atoms. The molecule has 0 unspecified atom stereocenters. The lowest BCUT2D eigenvalue weighted by atomic mass is 10.1. The first-order valence-corrected chi connectivity index (χ1v) is 7.61. The van der Waals surface area contributed by atoms with E-state index in [0.29, 0.717) is 0 Å². The van der Waals surface area contributed by atoms with Gasteiger partial charge in [0.1, 0.15) is 0 Å². The van der Waals surface area contributed by atoms with E-state index in [9.17, 15) is 0 Å². The number of nitrogens with two attached hydrogens (primary N) is 1. The number of hydrogen-bond acceptors (Lipinski definition) is 1. The zero-order chi connectivity index (χ0) is 15.7. The zero-order valence-corrected chi connectivity index (χ0v) is 14.1. The molecule has 0 aliphatic rings. The molecule has 2 N–H and O–H groups in total. The second-order valence-corrected chi connectivity index (χ2v) is 2.57. The van der Waals surface area contributed by atoms with Gasteiger partial charge in [0.2, 0.25) is 0 Å². The average Bonchev–Trinajstić information content (AvgIpc) is 2.56. The molecule has 0 heterocycles. The minimum Gasteiger partial charge on any atom is -0.398 e. The van der Waals surface area contributed by atoms with Crippen LogP contribution in [0.3, 0.4) is 0 Å². The third kappa shape index (κ3) is 9.12. The third-order valence-electron chi connectivity index (χ3n) is 1.82. The predicted molar refractivity (Wildman–Crippen MR) is 93.8 cm³/mol. The number of benzene rings is 2. The summed E-state index contributed by atoms with van der Waals surface area (Å²) in [5, 5.41) is 2.34. The second kappa shape index (κ2) is 18.9. The molecule has 110 valence electrons. The van der Waals surface area contributed by atoms with Crippen molar-refractivity contribution in [1.82, 2.24) is 0 Å². The fourth-order valence-corrected chi connectivity index (χ4v) is 1.25. The van der Waals surface area contributed by atoms with E-state index in [1.54, 1.807) is 0 Å². The molecule has 2 aromatic rings. The molecule has 19 heavy (non-hydrogen) atoms. The number of anilines is 1. The molecular formula is C18H33N. The van der Waals surface area contributed by atoms with Gasteiger partial charge in [0, 0.05) is 11.1 Å². The average molecular weight is 263 g/mol. The first-order chi connectivity index (χ1) is 9.38. The summed E-state index contributed by atoms with van der Waals surface area (Å²) >= 11 is 0. The van der Waals surface area contributed by atoms with Gasteiger partial charge < -0.3 is 5.73 Å². The molecule has 0 saturated carbocycles. The maximum Gasteiger partial charge on any atom is 0.0393 e. The topological polar surface area (TPSA) is 26.0 Å². The largest absolute Gasteiger partial charge is 0.398 e. The van der Waals surface area contributed by atoms with Crippen molar-refractivity contribution < 1.29 is 0 Å². The summed E-state index contributed by atoms with van der Waals surface area (Å²) in [7, 11) is 0. The standard InChI is InChI=1S/C10H9N.4C2H6/c11-10-7-3-5-8-4-1-2-6-9(8)10;4*1-2/h1-7H,11H2;4*1-2H3. The Bertz CT molecular complexity index is 375. The Morgan fingerprint density at radius 3 is 1.47 bits per heavy atom. The van der Waals surface area contributed by atoms with Crippen molar-refractivity contribution in [3.8, 4) is 0 Å². The maximum atomic E-state index is 5.76. The van der Waals surface area contributed by atoms with Crippen LogP contribution in [0.1, 0.15) is 55.4 Å². The van der Waals surface area contributed by atoms with E-state index >= 15 is 0 Å². The van der Waals surface area contributed by atoms with Gasteiger partial charge in [-0.1, -0.05) is 91.8 Å². The molecule has 0 atom stereocenters. The van der Waals surface area contributed by atoms with Crippen molar-refractivity contribution in [2.45, 2.75) is 55.4 Å². The van der Waals surface area contributed by atoms with Crippen LogP contribution in [0.25, 0.3) is 10.8 Å². The van der Waals surface area contributed by atoms with Crippen molar-refractivity contribution in [1.29, 1.82) is 0 Å². The fourth-order valence-electron chi connectivity index (χ4n) is 1.25. The molecular weight excluding hydrogens is 230 g/mol. The minimum atomic E-state index is 0.850. The Balaban J connectivity index is -0.000000278. The van der Waals surface area contributed by atoms with E-state index in [2.05, 4.69) is 12.1 Å². The normalized spacial score (nSPS) is 7.16. The van der Waals surface area contributed by atoms with Gasteiger partial charge >= 0.3 is 0 Å². The molecule has 2 aromatic carbocycles. The highest BCUT2D eigenvalue weighted by Crippen LogP contribution is 2.19. The first kappa shape index (κ1) is 22.7. The van der Waals surface area contributed by atoms with Gasteiger partial charge in [-0.2, -0.15) is 0 Å². The fraction of sp³-hybridized carbons (Fsp3) is 0.444. The zero-order valence-electron chi connectivity index (χ0n) is 14.1. The lowest BCUT2D eigenvalue weighted by Gasteiger charge is -1.98. The van der Waals surface area contributed by atoms with Crippen LogP contribution < -0.4 is 5.73 Å². The molecule has 0 aromatic heterocycles.